The smallest absolute Gasteiger partial charge is 0.389 e. The molecule has 0 aromatic heterocycles. The van der Waals surface area contributed by atoms with E-state index in [1.807, 2.05) is 0 Å². The summed E-state index contributed by atoms with van der Waals surface area (Å²) in [4.78, 5) is 0. The van der Waals surface area contributed by atoms with Crippen LogP contribution >= 0.6 is 11.6 Å². The van der Waals surface area contributed by atoms with Gasteiger partial charge in [-0.3, -0.25) is 0 Å². The second-order valence-corrected chi connectivity index (χ2v) is 5.21. The summed E-state index contributed by atoms with van der Waals surface area (Å²) in [6, 6.07) is 6.97. The second kappa shape index (κ2) is 5.93. The Labute approximate surface area is 110 Å². The number of alkyl halides is 3. The van der Waals surface area contributed by atoms with Gasteiger partial charge in [0.25, 0.3) is 0 Å². The largest absolute Gasteiger partial charge is 0.390 e. The molecule has 0 saturated heterocycles. The number of halogens is 4. The zero-order chi connectivity index (χ0) is 13.8. The zero-order valence-corrected chi connectivity index (χ0v) is 10.9. The fourth-order valence-corrected chi connectivity index (χ4v) is 2.06. The molecule has 1 N–H and O–H groups in total. The van der Waals surface area contributed by atoms with E-state index in [0.29, 0.717) is 11.4 Å². The fraction of sp³-hybridized carbons (Fsp3) is 0.538. The molecule has 0 heterocycles. The van der Waals surface area contributed by atoms with E-state index in [-0.39, 0.29) is 12.8 Å². The van der Waals surface area contributed by atoms with E-state index >= 15 is 0 Å². The summed E-state index contributed by atoms with van der Waals surface area (Å²) in [6.45, 7) is 1.55. The molecule has 1 aromatic carbocycles. The lowest BCUT2D eigenvalue weighted by Crippen LogP contribution is -2.27. The summed E-state index contributed by atoms with van der Waals surface area (Å²) in [6.07, 6.45) is -4.69. The van der Waals surface area contributed by atoms with Crippen molar-refractivity contribution in [2.75, 3.05) is 0 Å². The van der Waals surface area contributed by atoms with E-state index < -0.39 is 18.2 Å². The van der Waals surface area contributed by atoms with Crippen molar-refractivity contribution in [3.8, 4) is 0 Å². The molecule has 0 aliphatic heterocycles. The van der Waals surface area contributed by atoms with Crippen LogP contribution in [0.3, 0.4) is 0 Å². The second-order valence-electron chi connectivity index (χ2n) is 4.77. The standard InChI is InChI=1S/C13H16ClF3O/c1-12(18,6-3-7-13(15,16)17)9-10-4-2-5-11(14)8-10/h2,4-5,8,18H,3,6-7,9H2,1H3. The van der Waals surface area contributed by atoms with E-state index in [4.69, 9.17) is 11.6 Å². The Bertz CT molecular complexity index is 388. The molecule has 1 unspecified atom stereocenters. The average molecular weight is 281 g/mol. The lowest BCUT2D eigenvalue weighted by atomic mass is 9.91. The summed E-state index contributed by atoms with van der Waals surface area (Å²) in [5.41, 5.74) is -0.324. The molecule has 0 radical (unpaired) electrons. The van der Waals surface area contributed by atoms with Gasteiger partial charge in [-0.1, -0.05) is 23.7 Å². The van der Waals surface area contributed by atoms with Gasteiger partial charge in [0.15, 0.2) is 0 Å². The highest BCUT2D eigenvalue weighted by Gasteiger charge is 2.29. The monoisotopic (exact) mass is 280 g/mol. The third-order valence-electron chi connectivity index (χ3n) is 2.65. The molecule has 102 valence electrons. The highest BCUT2D eigenvalue weighted by molar-refractivity contribution is 6.30. The van der Waals surface area contributed by atoms with Crippen LogP contribution in [0.15, 0.2) is 24.3 Å². The zero-order valence-electron chi connectivity index (χ0n) is 10.1. The van der Waals surface area contributed by atoms with Gasteiger partial charge in [-0.25, -0.2) is 0 Å². The van der Waals surface area contributed by atoms with Gasteiger partial charge < -0.3 is 5.11 Å². The normalized spacial score (nSPS) is 15.4. The molecule has 0 spiro atoms. The first-order chi connectivity index (χ1) is 8.18. The van der Waals surface area contributed by atoms with E-state index in [0.717, 1.165) is 5.56 Å². The van der Waals surface area contributed by atoms with Gasteiger partial charge in [-0.05, 0) is 37.5 Å². The number of hydrogen-bond acceptors (Lipinski definition) is 1. The molecule has 1 rings (SSSR count). The van der Waals surface area contributed by atoms with Gasteiger partial charge >= 0.3 is 6.18 Å². The predicted octanol–water partition coefficient (Wildman–Crippen LogP) is 4.37. The molecule has 0 aliphatic carbocycles. The van der Waals surface area contributed by atoms with Crippen LogP contribution < -0.4 is 0 Å². The van der Waals surface area contributed by atoms with Gasteiger partial charge in [0.1, 0.15) is 0 Å². The van der Waals surface area contributed by atoms with E-state index in [9.17, 15) is 18.3 Å². The van der Waals surface area contributed by atoms with E-state index in [2.05, 4.69) is 0 Å². The minimum atomic E-state index is -4.16. The summed E-state index contributed by atoms with van der Waals surface area (Å²) < 4.78 is 36.0. The summed E-state index contributed by atoms with van der Waals surface area (Å²) in [7, 11) is 0. The Hall–Kier alpha value is -0.740. The average Bonchev–Trinajstić information content (AvgIpc) is 2.13. The molecule has 0 amide bonds. The fourth-order valence-electron chi connectivity index (χ4n) is 1.84. The molecule has 0 fully saturated rings. The maximum Gasteiger partial charge on any atom is 0.389 e. The molecule has 5 heteroatoms. The van der Waals surface area contributed by atoms with Gasteiger partial charge in [-0.2, -0.15) is 13.2 Å². The van der Waals surface area contributed by atoms with Crippen molar-refractivity contribution in [3.63, 3.8) is 0 Å². The first-order valence-electron chi connectivity index (χ1n) is 5.72. The number of rotatable bonds is 5. The Morgan fingerprint density at radius 2 is 1.89 bits per heavy atom. The number of aliphatic hydroxyl groups is 1. The maximum absolute atomic E-state index is 12.0. The third-order valence-corrected chi connectivity index (χ3v) is 2.88. The van der Waals surface area contributed by atoms with Gasteiger partial charge in [0.2, 0.25) is 0 Å². The number of benzene rings is 1. The predicted molar refractivity (Wildman–Crippen MR) is 65.7 cm³/mol. The maximum atomic E-state index is 12.0. The third kappa shape index (κ3) is 6.26. The SMILES string of the molecule is CC(O)(CCCC(F)(F)F)Cc1cccc(Cl)c1. The summed E-state index contributed by atoms with van der Waals surface area (Å²) in [5, 5.41) is 10.6. The Balaban J connectivity index is 2.49. The highest BCUT2D eigenvalue weighted by atomic mass is 35.5. The quantitative estimate of drug-likeness (QED) is 0.849. The van der Waals surface area contributed by atoms with Crippen LogP contribution in [0.25, 0.3) is 0 Å². The molecule has 0 bridgehead atoms. The molecule has 1 nitrogen and oxygen atoms in total. The van der Waals surface area contributed by atoms with Crippen molar-refractivity contribution in [2.24, 2.45) is 0 Å². The Morgan fingerprint density at radius 1 is 1.22 bits per heavy atom. The highest BCUT2D eigenvalue weighted by Crippen LogP contribution is 2.27. The minimum Gasteiger partial charge on any atom is -0.390 e. The van der Waals surface area contributed by atoms with Crippen LogP contribution in [0.4, 0.5) is 13.2 Å². The first kappa shape index (κ1) is 15.3. The summed E-state index contributed by atoms with van der Waals surface area (Å²) in [5.74, 6) is 0. The van der Waals surface area contributed by atoms with Crippen molar-refractivity contribution in [1.82, 2.24) is 0 Å². The van der Waals surface area contributed by atoms with Gasteiger partial charge in [-0.15, -0.1) is 0 Å². The lowest BCUT2D eigenvalue weighted by molar-refractivity contribution is -0.137. The van der Waals surface area contributed by atoms with E-state index in [1.165, 1.54) is 0 Å². The Kier molecular flexibility index (Phi) is 5.05. The van der Waals surface area contributed by atoms with Crippen molar-refractivity contribution in [2.45, 2.75) is 44.4 Å². The Morgan fingerprint density at radius 3 is 2.44 bits per heavy atom. The lowest BCUT2D eigenvalue weighted by Gasteiger charge is -2.23. The van der Waals surface area contributed by atoms with Crippen molar-refractivity contribution < 1.29 is 18.3 Å². The van der Waals surface area contributed by atoms with Crippen LogP contribution in [0, 0.1) is 0 Å². The van der Waals surface area contributed by atoms with Crippen molar-refractivity contribution in [1.29, 1.82) is 0 Å². The molecular weight excluding hydrogens is 265 g/mol. The molecule has 1 atom stereocenters. The molecule has 0 saturated carbocycles. The van der Waals surface area contributed by atoms with Gasteiger partial charge in [0.05, 0.1) is 5.60 Å². The van der Waals surface area contributed by atoms with Crippen LogP contribution in [-0.4, -0.2) is 16.9 Å². The van der Waals surface area contributed by atoms with Crippen molar-refractivity contribution >= 4 is 11.6 Å². The van der Waals surface area contributed by atoms with Crippen LogP contribution in [-0.2, 0) is 6.42 Å². The van der Waals surface area contributed by atoms with Crippen LogP contribution in [0.5, 0.6) is 0 Å². The van der Waals surface area contributed by atoms with Crippen LogP contribution in [0.1, 0.15) is 31.7 Å². The van der Waals surface area contributed by atoms with Crippen molar-refractivity contribution in [3.05, 3.63) is 34.9 Å². The molecule has 18 heavy (non-hydrogen) atoms. The molecule has 0 aliphatic rings. The summed E-state index contributed by atoms with van der Waals surface area (Å²) >= 11 is 5.81. The number of hydrogen-bond donors (Lipinski definition) is 1. The topological polar surface area (TPSA) is 20.2 Å². The first-order valence-corrected chi connectivity index (χ1v) is 6.09. The van der Waals surface area contributed by atoms with Crippen LogP contribution in [0.2, 0.25) is 5.02 Å². The van der Waals surface area contributed by atoms with Gasteiger partial charge in [0, 0.05) is 17.9 Å². The minimum absolute atomic E-state index is 0.0724. The molecule has 1 aromatic rings. The molecular formula is C13H16ClF3O. The van der Waals surface area contributed by atoms with E-state index in [1.54, 1.807) is 31.2 Å².